The molecule has 0 bridgehead atoms. The highest BCUT2D eigenvalue weighted by molar-refractivity contribution is 7.27. The van der Waals surface area contributed by atoms with Gasteiger partial charge in [0.1, 0.15) is 0 Å². The van der Waals surface area contributed by atoms with E-state index in [1.807, 2.05) is 24.3 Å². The van der Waals surface area contributed by atoms with Gasteiger partial charge >= 0.3 is 7.12 Å². The van der Waals surface area contributed by atoms with Gasteiger partial charge in [0.2, 0.25) is 0 Å². The molecule has 3 aromatic carbocycles. The van der Waals surface area contributed by atoms with E-state index in [1.165, 1.54) is 15.5 Å². The Bertz CT molecular complexity index is 1030. The molecule has 1 aromatic heterocycles. The second-order valence-corrected chi connectivity index (χ2v) is 7.26. The van der Waals surface area contributed by atoms with E-state index in [0.29, 0.717) is 5.46 Å². The fourth-order valence-electron chi connectivity index (χ4n) is 3.58. The van der Waals surface area contributed by atoms with E-state index >= 15 is 0 Å². The summed E-state index contributed by atoms with van der Waals surface area (Å²) in [7, 11) is -1.47. The number of hydrogen-bond donors (Lipinski definition) is 2. The minimum absolute atomic E-state index is 0.214. The zero-order chi connectivity index (χ0) is 16.1. The lowest BCUT2D eigenvalue weighted by Crippen LogP contribution is -2.34. The Kier molecular flexibility index (Phi) is 3.41. The standard InChI is InChI=1S/C19H17BO2S/c1-11(2)16-12-7-3-4-8-13(12)17-14-9-5-6-10-15(14)23-19(17)18(16)20(21)22/h3-11,21-22H,1-2H3. The molecule has 4 heteroatoms. The number of rotatable bonds is 2. The van der Waals surface area contributed by atoms with Gasteiger partial charge in [-0.2, -0.15) is 0 Å². The number of thiophene rings is 1. The van der Waals surface area contributed by atoms with Gasteiger partial charge in [-0.05, 0) is 28.3 Å². The van der Waals surface area contributed by atoms with Crippen LogP contribution in [0.3, 0.4) is 0 Å². The molecule has 0 atom stereocenters. The van der Waals surface area contributed by atoms with Gasteiger partial charge in [-0.1, -0.05) is 56.3 Å². The molecule has 4 aromatic rings. The van der Waals surface area contributed by atoms with Crippen LogP contribution in [-0.2, 0) is 0 Å². The van der Waals surface area contributed by atoms with E-state index in [0.717, 1.165) is 21.0 Å². The third kappa shape index (κ3) is 2.10. The van der Waals surface area contributed by atoms with Crippen molar-refractivity contribution in [1.29, 1.82) is 0 Å². The maximum atomic E-state index is 10.1. The molecule has 114 valence electrons. The molecular weight excluding hydrogens is 303 g/mol. The summed E-state index contributed by atoms with van der Waals surface area (Å²) in [5, 5.41) is 24.8. The summed E-state index contributed by atoms with van der Waals surface area (Å²) in [5.41, 5.74) is 1.70. The lowest BCUT2D eigenvalue weighted by molar-refractivity contribution is 0.425. The largest absolute Gasteiger partial charge is 0.490 e. The number of fused-ring (bicyclic) bond motifs is 5. The summed E-state index contributed by atoms with van der Waals surface area (Å²) in [6, 6.07) is 16.6. The molecular formula is C19H17BO2S. The predicted octanol–water partition coefficient (Wildman–Crippen LogP) is 4.01. The average molecular weight is 320 g/mol. The lowest BCUT2D eigenvalue weighted by Gasteiger charge is -2.18. The molecule has 0 fully saturated rings. The molecule has 0 spiro atoms. The van der Waals surface area contributed by atoms with Crippen LogP contribution >= 0.6 is 11.3 Å². The molecule has 0 saturated carbocycles. The van der Waals surface area contributed by atoms with Crippen LogP contribution in [0.4, 0.5) is 0 Å². The number of benzene rings is 3. The third-order valence-corrected chi connectivity index (χ3v) is 5.66. The van der Waals surface area contributed by atoms with E-state index in [9.17, 15) is 10.0 Å². The van der Waals surface area contributed by atoms with E-state index in [2.05, 4.69) is 38.1 Å². The van der Waals surface area contributed by atoms with E-state index in [1.54, 1.807) is 11.3 Å². The van der Waals surface area contributed by atoms with E-state index in [-0.39, 0.29) is 5.92 Å². The minimum atomic E-state index is -1.47. The Labute approximate surface area is 139 Å². The summed E-state index contributed by atoms with van der Waals surface area (Å²) in [6.07, 6.45) is 0. The first-order valence-electron chi connectivity index (χ1n) is 7.81. The van der Waals surface area contributed by atoms with Gasteiger partial charge in [0.05, 0.1) is 0 Å². The van der Waals surface area contributed by atoms with Crippen molar-refractivity contribution in [3.05, 3.63) is 54.1 Å². The smallest absolute Gasteiger partial charge is 0.423 e. The quantitative estimate of drug-likeness (QED) is 0.548. The van der Waals surface area contributed by atoms with Crippen LogP contribution in [0.1, 0.15) is 25.3 Å². The monoisotopic (exact) mass is 320 g/mol. The Balaban J connectivity index is 2.37. The van der Waals surface area contributed by atoms with Crippen molar-refractivity contribution in [3.63, 3.8) is 0 Å². The molecule has 2 nitrogen and oxygen atoms in total. The maximum absolute atomic E-state index is 10.1. The third-order valence-electron chi connectivity index (χ3n) is 4.45. The zero-order valence-corrected chi connectivity index (χ0v) is 13.9. The molecule has 0 saturated heterocycles. The van der Waals surface area contributed by atoms with Gasteiger partial charge in [-0.3, -0.25) is 0 Å². The van der Waals surface area contributed by atoms with E-state index in [4.69, 9.17) is 0 Å². The van der Waals surface area contributed by atoms with Crippen molar-refractivity contribution in [2.75, 3.05) is 0 Å². The van der Waals surface area contributed by atoms with Crippen molar-refractivity contribution in [2.45, 2.75) is 19.8 Å². The van der Waals surface area contributed by atoms with Crippen molar-refractivity contribution in [3.8, 4) is 0 Å². The first-order chi connectivity index (χ1) is 11.1. The molecule has 4 rings (SSSR count). The zero-order valence-electron chi connectivity index (χ0n) is 13.1. The molecule has 1 heterocycles. The topological polar surface area (TPSA) is 40.5 Å². The Morgan fingerprint density at radius 3 is 2.13 bits per heavy atom. The van der Waals surface area contributed by atoms with Gasteiger partial charge < -0.3 is 10.0 Å². The fraction of sp³-hybridized carbons (Fsp3) is 0.158. The molecule has 0 amide bonds. The molecule has 0 radical (unpaired) electrons. The second-order valence-electron chi connectivity index (χ2n) is 6.20. The summed E-state index contributed by atoms with van der Waals surface area (Å²) in [5.74, 6) is 0.214. The highest BCUT2D eigenvalue weighted by Gasteiger charge is 2.26. The van der Waals surface area contributed by atoms with Crippen molar-refractivity contribution >= 4 is 54.9 Å². The van der Waals surface area contributed by atoms with Gasteiger partial charge in [-0.15, -0.1) is 11.3 Å². The average Bonchev–Trinajstić information content (AvgIpc) is 2.92. The van der Waals surface area contributed by atoms with Crippen LogP contribution in [0.2, 0.25) is 0 Å². The Hall–Kier alpha value is -1.88. The van der Waals surface area contributed by atoms with Crippen LogP contribution < -0.4 is 5.46 Å². The van der Waals surface area contributed by atoms with Crippen LogP contribution in [0.25, 0.3) is 30.9 Å². The lowest BCUT2D eigenvalue weighted by atomic mass is 9.72. The van der Waals surface area contributed by atoms with Crippen molar-refractivity contribution in [1.82, 2.24) is 0 Å². The molecule has 0 aliphatic carbocycles. The maximum Gasteiger partial charge on any atom is 0.490 e. The van der Waals surface area contributed by atoms with Crippen LogP contribution in [-0.4, -0.2) is 17.2 Å². The van der Waals surface area contributed by atoms with Gasteiger partial charge in [0.25, 0.3) is 0 Å². The van der Waals surface area contributed by atoms with Crippen molar-refractivity contribution in [2.24, 2.45) is 0 Å². The molecule has 2 N–H and O–H groups in total. The van der Waals surface area contributed by atoms with Crippen LogP contribution in [0.5, 0.6) is 0 Å². The second kappa shape index (κ2) is 5.34. The van der Waals surface area contributed by atoms with Gasteiger partial charge in [0.15, 0.2) is 0 Å². The Morgan fingerprint density at radius 1 is 0.870 bits per heavy atom. The molecule has 23 heavy (non-hydrogen) atoms. The van der Waals surface area contributed by atoms with Gasteiger partial charge in [-0.25, -0.2) is 0 Å². The van der Waals surface area contributed by atoms with Gasteiger partial charge in [0, 0.05) is 25.6 Å². The first kappa shape index (κ1) is 14.7. The first-order valence-corrected chi connectivity index (χ1v) is 8.63. The van der Waals surface area contributed by atoms with E-state index < -0.39 is 7.12 Å². The highest BCUT2D eigenvalue weighted by Crippen LogP contribution is 2.40. The fourth-order valence-corrected chi connectivity index (χ4v) is 4.88. The van der Waals surface area contributed by atoms with Crippen LogP contribution in [0, 0.1) is 0 Å². The Morgan fingerprint density at radius 2 is 1.48 bits per heavy atom. The van der Waals surface area contributed by atoms with Crippen molar-refractivity contribution < 1.29 is 10.0 Å². The summed E-state index contributed by atoms with van der Waals surface area (Å²) in [6.45, 7) is 4.21. The SMILES string of the molecule is CC(C)c1c(B(O)O)c2sc3ccccc3c2c2ccccc12. The molecule has 0 aliphatic heterocycles. The summed E-state index contributed by atoms with van der Waals surface area (Å²) >= 11 is 1.64. The summed E-state index contributed by atoms with van der Waals surface area (Å²) in [4.78, 5) is 0. The van der Waals surface area contributed by atoms with Crippen LogP contribution in [0.15, 0.2) is 48.5 Å². The minimum Gasteiger partial charge on any atom is -0.423 e. The predicted molar refractivity (Wildman–Crippen MR) is 101 cm³/mol. The normalized spacial score (nSPS) is 11.9. The highest BCUT2D eigenvalue weighted by atomic mass is 32.1. The summed E-state index contributed by atoms with van der Waals surface area (Å²) < 4.78 is 2.17. The number of hydrogen-bond acceptors (Lipinski definition) is 3. The molecule has 0 unspecified atom stereocenters. The molecule has 0 aliphatic rings.